The third-order valence-corrected chi connectivity index (χ3v) is 3.26. The lowest BCUT2D eigenvalue weighted by Crippen LogP contribution is -2.32. The molecule has 0 aliphatic heterocycles. The first-order chi connectivity index (χ1) is 11.4. The van der Waals surface area contributed by atoms with Crippen LogP contribution in [0.2, 0.25) is 10.0 Å². The lowest BCUT2D eigenvalue weighted by molar-refractivity contribution is -0.112. The van der Waals surface area contributed by atoms with E-state index < -0.39 is 12.0 Å². The number of amides is 2. The van der Waals surface area contributed by atoms with Crippen LogP contribution in [0.4, 0.5) is 10.5 Å². The highest BCUT2D eigenvalue weighted by Crippen LogP contribution is 2.25. The topological polar surface area (TPSA) is 108 Å². The lowest BCUT2D eigenvalue weighted by atomic mass is 10.2. The van der Waals surface area contributed by atoms with Crippen molar-refractivity contribution in [1.82, 2.24) is 4.90 Å². The quantitative estimate of drug-likeness (QED) is 0.590. The number of benzene rings is 1. The first-order valence-electron chi connectivity index (χ1n) is 6.94. The van der Waals surface area contributed by atoms with E-state index in [0.717, 1.165) is 11.1 Å². The average Bonchev–Trinajstić information content (AvgIpc) is 2.54. The van der Waals surface area contributed by atoms with Crippen molar-refractivity contribution in [2.75, 3.05) is 25.0 Å². The zero-order chi connectivity index (χ0) is 18.1. The number of nitrogens with zero attached hydrogens (tertiary/aromatic N) is 2. The summed E-state index contributed by atoms with van der Waals surface area (Å²) in [5.74, 6) is -0.743. The highest BCUT2D eigenvalue weighted by molar-refractivity contribution is 6.35. The molecule has 0 bridgehead atoms. The van der Waals surface area contributed by atoms with Gasteiger partial charge in [-0.25, -0.2) is 4.79 Å². The van der Waals surface area contributed by atoms with E-state index in [-0.39, 0.29) is 36.0 Å². The molecular formula is C15H16Cl2N4O3. The van der Waals surface area contributed by atoms with Gasteiger partial charge in [0, 0.05) is 24.3 Å². The highest BCUT2D eigenvalue weighted by atomic mass is 35.5. The van der Waals surface area contributed by atoms with E-state index >= 15 is 0 Å². The molecule has 0 unspecified atom stereocenters. The second kappa shape index (κ2) is 9.78. The van der Waals surface area contributed by atoms with Crippen LogP contribution in [-0.2, 0) is 9.53 Å². The third kappa shape index (κ3) is 5.74. The molecule has 1 aromatic rings. The van der Waals surface area contributed by atoms with Gasteiger partial charge < -0.3 is 15.8 Å². The Hall–Kier alpha value is -2.27. The molecule has 0 spiro atoms. The van der Waals surface area contributed by atoms with Gasteiger partial charge in [0.05, 0.1) is 17.3 Å². The van der Waals surface area contributed by atoms with Gasteiger partial charge in [0.2, 0.25) is 0 Å². The molecule has 2 amide bonds. The number of hydrogen-bond donors (Lipinski definition) is 2. The van der Waals surface area contributed by atoms with Gasteiger partial charge >= 0.3 is 6.09 Å². The first-order valence-corrected chi connectivity index (χ1v) is 7.70. The summed E-state index contributed by atoms with van der Waals surface area (Å²) in [6, 6.07) is 6.24. The van der Waals surface area contributed by atoms with Gasteiger partial charge in [0.1, 0.15) is 11.6 Å². The van der Waals surface area contributed by atoms with E-state index in [9.17, 15) is 14.9 Å². The van der Waals surface area contributed by atoms with E-state index in [4.69, 9.17) is 33.7 Å². The number of nitrogens with one attached hydrogen (secondary N) is 1. The van der Waals surface area contributed by atoms with Gasteiger partial charge in [-0.3, -0.25) is 9.69 Å². The van der Waals surface area contributed by atoms with Crippen LogP contribution in [0.15, 0.2) is 30.0 Å². The van der Waals surface area contributed by atoms with Gasteiger partial charge in [-0.1, -0.05) is 23.2 Å². The molecule has 0 aliphatic carbocycles. The van der Waals surface area contributed by atoms with Crippen LogP contribution in [0.5, 0.6) is 0 Å². The molecule has 0 aromatic heterocycles. The van der Waals surface area contributed by atoms with Crippen LogP contribution < -0.4 is 11.1 Å². The van der Waals surface area contributed by atoms with Crippen molar-refractivity contribution in [3.63, 3.8) is 0 Å². The van der Waals surface area contributed by atoms with Crippen LogP contribution in [-0.4, -0.2) is 36.6 Å². The Bertz CT molecular complexity index is 686. The molecule has 128 valence electrons. The summed E-state index contributed by atoms with van der Waals surface area (Å²) in [5.41, 5.74) is 5.36. The SMILES string of the molecule is CCOC(=O)N(/C=C(/C#N)C(=O)Nc1cc(Cl)ccc1Cl)CCN. The standard InChI is InChI=1S/C15H16Cl2N4O3/c1-2-24-15(23)21(6-5-18)9-10(8-19)14(22)20-13-7-11(16)3-4-12(13)17/h3-4,7,9H,2,5-6,18H2,1H3,(H,20,22)/b10-9-. The number of hydrogen-bond acceptors (Lipinski definition) is 5. The fraction of sp³-hybridized carbons (Fsp3) is 0.267. The van der Waals surface area contributed by atoms with E-state index in [1.165, 1.54) is 12.1 Å². The van der Waals surface area contributed by atoms with Crippen LogP contribution >= 0.6 is 23.2 Å². The second-order valence-corrected chi connectivity index (χ2v) is 5.26. The smallest absolute Gasteiger partial charge is 0.413 e. The molecule has 0 saturated carbocycles. The Labute approximate surface area is 149 Å². The average molecular weight is 371 g/mol. The number of nitriles is 1. The summed E-state index contributed by atoms with van der Waals surface area (Å²) in [6.07, 6.45) is 0.378. The summed E-state index contributed by atoms with van der Waals surface area (Å²) in [6.45, 7) is 2.02. The van der Waals surface area contributed by atoms with Gasteiger partial charge in [-0.2, -0.15) is 5.26 Å². The maximum absolute atomic E-state index is 12.2. The van der Waals surface area contributed by atoms with Crippen molar-refractivity contribution in [2.45, 2.75) is 6.92 Å². The Morgan fingerprint density at radius 3 is 2.75 bits per heavy atom. The van der Waals surface area contributed by atoms with Crippen molar-refractivity contribution >= 4 is 40.9 Å². The summed E-state index contributed by atoms with van der Waals surface area (Å²) in [7, 11) is 0. The van der Waals surface area contributed by atoms with E-state index in [2.05, 4.69) is 5.32 Å². The van der Waals surface area contributed by atoms with Gasteiger partial charge in [0.15, 0.2) is 0 Å². The number of carbonyl (C=O) groups excluding carboxylic acids is 2. The number of nitrogens with two attached hydrogens (primary N) is 1. The van der Waals surface area contributed by atoms with Crippen LogP contribution in [0, 0.1) is 11.3 Å². The predicted octanol–water partition coefficient (Wildman–Crippen LogP) is 2.76. The second-order valence-electron chi connectivity index (χ2n) is 4.41. The summed E-state index contributed by atoms with van der Waals surface area (Å²) in [5, 5.41) is 12.3. The number of ether oxygens (including phenoxy) is 1. The minimum Gasteiger partial charge on any atom is -0.449 e. The Balaban J connectivity index is 3.00. The number of halogens is 2. The summed E-state index contributed by atoms with van der Waals surface area (Å²) < 4.78 is 4.84. The molecule has 0 heterocycles. The van der Waals surface area contributed by atoms with Crippen molar-refractivity contribution in [3.8, 4) is 6.07 Å². The number of carbonyl (C=O) groups is 2. The molecular weight excluding hydrogens is 355 g/mol. The molecule has 0 fully saturated rings. The Morgan fingerprint density at radius 1 is 1.46 bits per heavy atom. The van der Waals surface area contributed by atoms with Crippen molar-refractivity contribution in [2.24, 2.45) is 5.73 Å². The van der Waals surface area contributed by atoms with Crippen molar-refractivity contribution in [1.29, 1.82) is 5.26 Å². The third-order valence-electron chi connectivity index (χ3n) is 2.70. The molecule has 24 heavy (non-hydrogen) atoms. The number of anilines is 1. The number of rotatable bonds is 6. The molecule has 1 rings (SSSR count). The minimum absolute atomic E-state index is 0.0925. The predicted molar refractivity (Wildman–Crippen MR) is 91.6 cm³/mol. The van der Waals surface area contributed by atoms with Gasteiger partial charge in [-0.15, -0.1) is 0 Å². The van der Waals surface area contributed by atoms with Gasteiger partial charge in [0.25, 0.3) is 5.91 Å². The Kier molecular flexibility index (Phi) is 8.06. The largest absolute Gasteiger partial charge is 0.449 e. The zero-order valence-electron chi connectivity index (χ0n) is 12.9. The van der Waals surface area contributed by atoms with Crippen molar-refractivity contribution in [3.05, 3.63) is 40.0 Å². The fourth-order valence-corrected chi connectivity index (χ4v) is 1.97. The zero-order valence-corrected chi connectivity index (χ0v) is 14.4. The lowest BCUT2D eigenvalue weighted by Gasteiger charge is -2.17. The van der Waals surface area contributed by atoms with Crippen LogP contribution in [0.3, 0.4) is 0 Å². The molecule has 0 saturated heterocycles. The van der Waals surface area contributed by atoms with Gasteiger partial charge in [-0.05, 0) is 25.1 Å². The maximum Gasteiger partial charge on any atom is 0.413 e. The fourth-order valence-electron chi connectivity index (χ4n) is 1.63. The van der Waals surface area contributed by atoms with E-state index in [1.54, 1.807) is 19.1 Å². The monoisotopic (exact) mass is 370 g/mol. The van der Waals surface area contributed by atoms with Crippen LogP contribution in [0.25, 0.3) is 0 Å². The van der Waals surface area contributed by atoms with E-state index in [0.29, 0.717) is 5.02 Å². The Morgan fingerprint density at radius 2 is 2.17 bits per heavy atom. The molecule has 0 aliphatic rings. The molecule has 3 N–H and O–H groups in total. The first kappa shape index (κ1) is 19.8. The normalized spacial score (nSPS) is 10.7. The highest BCUT2D eigenvalue weighted by Gasteiger charge is 2.17. The molecule has 0 radical (unpaired) electrons. The maximum atomic E-state index is 12.2. The summed E-state index contributed by atoms with van der Waals surface area (Å²) in [4.78, 5) is 25.1. The van der Waals surface area contributed by atoms with Crippen molar-refractivity contribution < 1.29 is 14.3 Å². The minimum atomic E-state index is -0.743. The molecule has 1 aromatic carbocycles. The molecule has 9 heteroatoms. The molecule has 0 atom stereocenters. The van der Waals surface area contributed by atoms with E-state index in [1.807, 2.05) is 0 Å². The molecule has 7 nitrogen and oxygen atoms in total. The van der Waals surface area contributed by atoms with Crippen LogP contribution in [0.1, 0.15) is 6.92 Å². The summed E-state index contributed by atoms with van der Waals surface area (Å²) >= 11 is 11.8.